The van der Waals surface area contributed by atoms with Gasteiger partial charge in [0.25, 0.3) is 11.8 Å². The van der Waals surface area contributed by atoms with E-state index in [-0.39, 0.29) is 11.8 Å². The van der Waals surface area contributed by atoms with Gasteiger partial charge in [-0.25, -0.2) is 4.90 Å². The maximum Gasteiger partial charge on any atom is 0.282 e. The van der Waals surface area contributed by atoms with Crippen molar-refractivity contribution in [2.75, 3.05) is 25.1 Å². The van der Waals surface area contributed by atoms with Gasteiger partial charge < -0.3 is 9.64 Å². The highest BCUT2D eigenvalue weighted by Gasteiger charge is 2.44. The number of methoxy groups -OCH3 is 1. The second kappa shape index (κ2) is 8.22. The zero-order valence-electron chi connectivity index (χ0n) is 18.9. The number of nitrogens with zero attached hydrogens (tertiary/aromatic N) is 2. The van der Waals surface area contributed by atoms with Crippen molar-refractivity contribution in [3.63, 3.8) is 0 Å². The summed E-state index contributed by atoms with van der Waals surface area (Å²) in [6.45, 7) is 9.83. The van der Waals surface area contributed by atoms with Gasteiger partial charge in [0, 0.05) is 18.7 Å². The topological polar surface area (TPSA) is 49.9 Å². The summed E-state index contributed by atoms with van der Waals surface area (Å²) in [6, 6.07) is 13.3. The number of aryl methyl sites for hydroxylation is 2. The molecule has 0 spiro atoms. The average Bonchev–Trinajstić information content (AvgIpc) is 2.99. The molecule has 0 radical (unpaired) electrons. The van der Waals surface area contributed by atoms with Crippen LogP contribution < -0.4 is 9.64 Å². The highest BCUT2D eigenvalue weighted by Crippen LogP contribution is 2.40. The van der Waals surface area contributed by atoms with E-state index in [9.17, 15) is 9.59 Å². The summed E-state index contributed by atoms with van der Waals surface area (Å²) in [4.78, 5) is 31.1. The van der Waals surface area contributed by atoms with Crippen molar-refractivity contribution in [3.05, 3.63) is 64.9 Å². The number of carbonyl (C=O) groups excluding carboxylic acids is 2. The maximum atomic E-state index is 13.8. The summed E-state index contributed by atoms with van der Waals surface area (Å²) in [6.07, 6.45) is 1.12. The van der Waals surface area contributed by atoms with Gasteiger partial charge >= 0.3 is 0 Å². The summed E-state index contributed by atoms with van der Waals surface area (Å²) in [7, 11) is 1.59. The summed E-state index contributed by atoms with van der Waals surface area (Å²) in [5.74, 6) is 0.961. The van der Waals surface area contributed by atoms with Crippen LogP contribution in [0, 0.1) is 25.7 Å². The standard InChI is InChI=1S/C26H30N2O3/c1-16-10-11-19(4)21(13-16)28-25(29)23(20-8-6-7-9-22(20)31-5)24(26(28)30)27-14-17(2)12-18(3)15-27/h6-11,13,17-18H,12,14-15H2,1-5H3. The van der Waals surface area contributed by atoms with Crippen molar-refractivity contribution < 1.29 is 14.3 Å². The van der Waals surface area contributed by atoms with E-state index >= 15 is 0 Å². The lowest BCUT2D eigenvalue weighted by Gasteiger charge is -2.37. The van der Waals surface area contributed by atoms with Crippen molar-refractivity contribution in [2.45, 2.75) is 34.1 Å². The second-order valence-electron chi connectivity index (χ2n) is 9.01. The summed E-state index contributed by atoms with van der Waals surface area (Å²) >= 11 is 0. The van der Waals surface area contributed by atoms with Gasteiger partial charge in [-0.1, -0.05) is 44.2 Å². The van der Waals surface area contributed by atoms with Crippen LogP contribution >= 0.6 is 0 Å². The van der Waals surface area contributed by atoms with Gasteiger partial charge in [0.15, 0.2) is 0 Å². The molecule has 2 aliphatic rings. The molecule has 162 valence electrons. The first-order valence-electron chi connectivity index (χ1n) is 10.9. The van der Waals surface area contributed by atoms with Crippen molar-refractivity contribution in [3.8, 4) is 5.75 Å². The number of amides is 2. The first kappa shape index (κ1) is 21.2. The van der Waals surface area contributed by atoms with Gasteiger partial charge in [0.05, 0.1) is 18.4 Å². The molecule has 2 amide bonds. The van der Waals surface area contributed by atoms with Crippen molar-refractivity contribution in [2.24, 2.45) is 11.8 Å². The Kier molecular flexibility index (Phi) is 5.61. The second-order valence-corrected chi connectivity index (χ2v) is 9.01. The van der Waals surface area contributed by atoms with E-state index in [1.165, 1.54) is 4.90 Å². The average molecular weight is 419 g/mol. The molecule has 2 aliphatic heterocycles. The molecule has 0 aromatic heterocycles. The number of anilines is 1. The lowest BCUT2D eigenvalue weighted by atomic mass is 9.91. The Balaban J connectivity index is 1.90. The summed E-state index contributed by atoms with van der Waals surface area (Å²) in [5.41, 5.74) is 4.15. The number of carbonyl (C=O) groups is 2. The molecule has 1 fully saturated rings. The Morgan fingerprint density at radius 1 is 0.935 bits per heavy atom. The van der Waals surface area contributed by atoms with E-state index in [2.05, 4.69) is 18.7 Å². The number of imide groups is 1. The summed E-state index contributed by atoms with van der Waals surface area (Å²) < 4.78 is 5.57. The molecule has 0 saturated carbocycles. The number of likely N-dealkylation sites (tertiary alicyclic amines) is 1. The van der Waals surface area contributed by atoms with Gasteiger partial charge in [-0.05, 0) is 55.4 Å². The van der Waals surface area contributed by atoms with Crippen LogP contribution in [0.3, 0.4) is 0 Å². The quantitative estimate of drug-likeness (QED) is 0.683. The molecule has 0 bridgehead atoms. The van der Waals surface area contributed by atoms with Crippen molar-refractivity contribution in [1.29, 1.82) is 0 Å². The van der Waals surface area contributed by atoms with E-state index in [0.29, 0.717) is 40.1 Å². The molecule has 0 aliphatic carbocycles. The molecule has 0 N–H and O–H groups in total. The zero-order valence-corrected chi connectivity index (χ0v) is 18.9. The Morgan fingerprint density at radius 2 is 1.61 bits per heavy atom. The fourth-order valence-corrected chi connectivity index (χ4v) is 4.93. The van der Waals surface area contributed by atoms with Crippen LogP contribution in [0.4, 0.5) is 5.69 Å². The lowest BCUT2D eigenvalue weighted by molar-refractivity contribution is -0.120. The van der Waals surface area contributed by atoms with Crippen LogP contribution in [0.2, 0.25) is 0 Å². The minimum Gasteiger partial charge on any atom is -0.496 e. The van der Waals surface area contributed by atoms with Crippen LogP contribution in [0.25, 0.3) is 5.57 Å². The molecule has 31 heavy (non-hydrogen) atoms. The van der Waals surface area contributed by atoms with E-state index in [4.69, 9.17) is 4.74 Å². The van der Waals surface area contributed by atoms with Crippen molar-refractivity contribution in [1.82, 2.24) is 4.90 Å². The Labute approximate surface area is 184 Å². The van der Waals surface area contributed by atoms with Crippen LogP contribution in [-0.4, -0.2) is 36.9 Å². The molecule has 2 aromatic rings. The van der Waals surface area contributed by atoms with Gasteiger partial charge in [-0.3, -0.25) is 9.59 Å². The van der Waals surface area contributed by atoms with Gasteiger partial charge in [0.2, 0.25) is 0 Å². The minimum absolute atomic E-state index is 0.249. The number of hydrogen-bond acceptors (Lipinski definition) is 4. The van der Waals surface area contributed by atoms with Gasteiger partial charge in [-0.2, -0.15) is 0 Å². The van der Waals surface area contributed by atoms with Gasteiger partial charge in [0.1, 0.15) is 11.4 Å². The number of para-hydroxylation sites is 1. The molecule has 2 atom stereocenters. The largest absolute Gasteiger partial charge is 0.496 e. The first-order valence-corrected chi connectivity index (χ1v) is 10.9. The third-order valence-corrected chi connectivity index (χ3v) is 6.23. The number of benzene rings is 2. The third kappa shape index (κ3) is 3.73. The van der Waals surface area contributed by atoms with Crippen LogP contribution in [0.1, 0.15) is 37.0 Å². The molecule has 2 heterocycles. The molecule has 4 rings (SSSR count). The Hall–Kier alpha value is -3.08. The fraction of sp³-hybridized carbons (Fsp3) is 0.385. The number of piperidine rings is 1. The van der Waals surface area contributed by atoms with E-state index in [1.807, 2.05) is 56.3 Å². The molecular weight excluding hydrogens is 388 g/mol. The molecular formula is C26H30N2O3. The maximum absolute atomic E-state index is 13.8. The van der Waals surface area contributed by atoms with Crippen LogP contribution in [0.5, 0.6) is 5.75 Å². The predicted octanol–water partition coefficient (Wildman–Crippen LogP) is 4.57. The Morgan fingerprint density at radius 3 is 2.29 bits per heavy atom. The lowest BCUT2D eigenvalue weighted by Crippen LogP contribution is -2.42. The molecule has 5 heteroatoms. The fourth-order valence-electron chi connectivity index (χ4n) is 4.93. The Bertz CT molecular complexity index is 1060. The SMILES string of the molecule is COc1ccccc1C1=C(N2CC(C)CC(C)C2)C(=O)N(c2cc(C)ccc2C)C1=O. The van der Waals surface area contributed by atoms with Crippen molar-refractivity contribution >= 4 is 23.1 Å². The minimum atomic E-state index is -0.288. The number of ether oxygens (including phenoxy) is 1. The monoisotopic (exact) mass is 418 g/mol. The highest BCUT2D eigenvalue weighted by molar-refractivity contribution is 6.45. The highest BCUT2D eigenvalue weighted by atomic mass is 16.5. The summed E-state index contributed by atoms with van der Waals surface area (Å²) in [5, 5.41) is 0. The van der Waals surface area contributed by atoms with Crippen LogP contribution in [0.15, 0.2) is 48.2 Å². The number of rotatable bonds is 4. The smallest absolute Gasteiger partial charge is 0.282 e. The van der Waals surface area contributed by atoms with Gasteiger partial charge in [-0.15, -0.1) is 0 Å². The molecule has 1 saturated heterocycles. The first-order chi connectivity index (χ1) is 14.8. The number of hydrogen-bond donors (Lipinski definition) is 0. The van der Waals surface area contributed by atoms with E-state index < -0.39 is 0 Å². The predicted molar refractivity (Wildman–Crippen MR) is 123 cm³/mol. The van der Waals surface area contributed by atoms with E-state index in [0.717, 1.165) is 30.6 Å². The third-order valence-electron chi connectivity index (χ3n) is 6.23. The van der Waals surface area contributed by atoms with Crippen LogP contribution in [-0.2, 0) is 9.59 Å². The molecule has 5 nitrogen and oxygen atoms in total. The van der Waals surface area contributed by atoms with E-state index in [1.54, 1.807) is 7.11 Å². The zero-order chi connectivity index (χ0) is 22.3. The normalized spacial score (nSPS) is 21.8. The molecule has 2 unspecified atom stereocenters. The molecule has 2 aromatic carbocycles.